The van der Waals surface area contributed by atoms with Crippen LogP contribution in [0.5, 0.6) is 0 Å². The molecule has 0 spiro atoms. The van der Waals surface area contributed by atoms with Gasteiger partial charge in [0.15, 0.2) is 0 Å². The van der Waals surface area contributed by atoms with Gasteiger partial charge < -0.3 is 10.1 Å². The minimum Gasteiger partial charge on any atom is -0.500 e. The second kappa shape index (κ2) is 4.14. The molecular weight excluding hydrogens is 348 g/mol. The highest BCUT2D eigenvalue weighted by atomic mass is 79.9. The van der Waals surface area contributed by atoms with Crippen molar-refractivity contribution < 1.29 is 4.74 Å². The van der Waals surface area contributed by atoms with Gasteiger partial charge in [0.2, 0.25) is 0 Å². The quantitative estimate of drug-likeness (QED) is 0.827. The molecule has 1 atom stereocenters. The third-order valence-electron chi connectivity index (χ3n) is 3.13. The SMILES string of the molecule is COC1=C(Br)C=C2Nc3cncc(Br)c3C2C1. The zero-order valence-corrected chi connectivity index (χ0v) is 12.3. The van der Waals surface area contributed by atoms with Crippen LogP contribution < -0.4 is 5.32 Å². The van der Waals surface area contributed by atoms with Gasteiger partial charge in [-0.1, -0.05) is 0 Å². The van der Waals surface area contributed by atoms with E-state index in [0.717, 1.165) is 26.8 Å². The van der Waals surface area contributed by atoms with Gasteiger partial charge in [0.05, 0.1) is 23.5 Å². The van der Waals surface area contributed by atoms with E-state index in [2.05, 4.69) is 48.2 Å². The van der Waals surface area contributed by atoms with Crippen LogP contribution in [0.25, 0.3) is 0 Å². The van der Waals surface area contributed by atoms with Crippen molar-refractivity contribution >= 4 is 37.5 Å². The Morgan fingerprint density at radius 2 is 2.24 bits per heavy atom. The van der Waals surface area contributed by atoms with Gasteiger partial charge in [-0.25, -0.2) is 0 Å². The van der Waals surface area contributed by atoms with Gasteiger partial charge in [-0.15, -0.1) is 0 Å². The summed E-state index contributed by atoms with van der Waals surface area (Å²) >= 11 is 7.09. The van der Waals surface area contributed by atoms with Crippen molar-refractivity contribution in [1.29, 1.82) is 0 Å². The van der Waals surface area contributed by atoms with E-state index in [0.29, 0.717) is 5.92 Å². The molecule has 0 saturated heterocycles. The lowest BCUT2D eigenvalue weighted by Crippen LogP contribution is -2.08. The Labute approximate surface area is 116 Å². The van der Waals surface area contributed by atoms with Crippen molar-refractivity contribution in [2.45, 2.75) is 12.3 Å². The van der Waals surface area contributed by atoms with Gasteiger partial charge >= 0.3 is 0 Å². The molecule has 1 aromatic rings. The molecule has 1 unspecified atom stereocenters. The van der Waals surface area contributed by atoms with Crippen molar-refractivity contribution in [1.82, 2.24) is 4.98 Å². The molecule has 17 heavy (non-hydrogen) atoms. The molecule has 88 valence electrons. The number of hydrogen-bond acceptors (Lipinski definition) is 3. The monoisotopic (exact) mass is 356 g/mol. The Balaban J connectivity index is 2.09. The summed E-state index contributed by atoms with van der Waals surface area (Å²) in [6.07, 6.45) is 6.65. The molecule has 3 nitrogen and oxygen atoms in total. The third kappa shape index (κ3) is 1.72. The molecule has 1 aromatic heterocycles. The van der Waals surface area contributed by atoms with Crippen LogP contribution in [0, 0.1) is 0 Å². The molecule has 0 aromatic carbocycles. The highest BCUT2D eigenvalue weighted by molar-refractivity contribution is 9.12. The normalized spacial score (nSPS) is 21.6. The number of rotatable bonds is 1. The Kier molecular flexibility index (Phi) is 2.75. The Bertz CT molecular complexity index is 551. The summed E-state index contributed by atoms with van der Waals surface area (Å²) in [4.78, 5) is 4.18. The van der Waals surface area contributed by atoms with E-state index in [9.17, 15) is 0 Å². The first kappa shape index (κ1) is 11.3. The fourth-order valence-corrected chi connectivity index (χ4v) is 3.50. The molecule has 1 N–H and O–H groups in total. The maximum atomic E-state index is 5.40. The largest absolute Gasteiger partial charge is 0.500 e. The van der Waals surface area contributed by atoms with E-state index in [1.807, 2.05) is 12.4 Å². The smallest absolute Gasteiger partial charge is 0.111 e. The summed E-state index contributed by atoms with van der Waals surface area (Å²) in [6.45, 7) is 0. The number of halogens is 2. The van der Waals surface area contributed by atoms with Gasteiger partial charge in [-0.2, -0.15) is 0 Å². The number of methoxy groups -OCH3 is 1. The predicted octanol–water partition coefficient (Wildman–Crippen LogP) is 3.89. The number of nitrogens with one attached hydrogen (secondary N) is 1. The zero-order chi connectivity index (χ0) is 12.0. The number of ether oxygens (including phenoxy) is 1. The molecule has 0 saturated carbocycles. The molecule has 0 fully saturated rings. The van der Waals surface area contributed by atoms with Crippen LogP contribution in [0.3, 0.4) is 0 Å². The van der Waals surface area contributed by atoms with Gasteiger partial charge in [0.1, 0.15) is 5.76 Å². The molecule has 0 radical (unpaired) electrons. The maximum absolute atomic E-state index is 5.40. The first-order chi connectivity index (χ1) is 8.20. The predicted molar refractivity (Wildman–Crippen MR) is 74.0 cm³/mol. The maximum Gasteiger partial charge on any atom is 0.111 e. The van der Waals surface area contributed by atoms with Crippen LogP contribution in [0.4, 0.5) is 5.69 Å². The van der Waals surface area contributed by atoms with Crippen molar-refractivity contribution in [3.8, 4) is 0 Å². The number of fused-ring (bicyclic) bond motifs is 3. The van der Waals surface area contributed by atoms with Crippen LogP contribution in [0.15, 0.2) is 38.9 Å². The topological polar surface area (TPSA) is 34.1 Å². The molecule has 0 bridgehead atoms. The van der Waals surface area contributed by atoms with Crippen LogP contribution in [0.1, 0.15) is 17.9 Å². The van der Waals surface area contributed by atoms with Gasteiger partial charge in [-0.05, 0) is 37.9 Å². The summed E-state index contributed by atoms with van der Waals surface area (Å²) in [5.41, 5.74) is 3.54. The van der Waals surface area contributed by atoms with E-state index in [-0.39, 0.29) is 0 Å². The minimum atomic E-state index is 0.332. The van der Waals surface area contributed by atoms with Gasteiger partial charge in [0.25, 0.3) is 0 Å². The molecule has 1 aliphatic carbocycles. The Hall–Kier alpha value is -0.810. The lowest BCUT2D eigenvalue weighted by atomic mass is 9.92. The van der Waals surface area contributed by atoms with Crippen LogP contribution >= 0.6 is 31.9 Å². The molecule has 2 heterocycles. The average Bonchev–Trinajstić information content (AvgIpc) is 2.66. The summed E-state index contributed by atoms with van der Waals surface area (Å²) < 4.78 is 7.45. The third-order valence-corrected chi connectivity index (χ3v) is 4.43. The van der Waals surface area contributed by atoms with E-state index in [1.54, 1.807) is 7.11 Å². The summed E-state index contributed by atoms with van der Waals surface area (Å²) in [5.74, 6) is 1.32. The zero-order valence-electron chi connectivity index (χ0n) is 9.13. The number of aromatic nitrogens is 1. The second-order valence-electron chi connectivity index (χ2n) is 4.04. The molecule has 2 aliphatic rings. The van der Waals surface area contributed by atoms with Gasteiger partial charge in [0, 0.05) is 34.3 Å². The minimum absolute atomic E-state index is 0.332. The van der Waals surface area contributed by atoms with E-state index in [4.69, 9.17) is 4.74 Å². The summed E-state index contributed by atoms with van der Waals surface area (Å²) in [7, 11) is 1.71. The lowest BCUT2D eigenvalue weighted by Gasteiger charge is -2.20. The fraction of sp³-hybridized carbons (Fsp3) is 0.250. The molecule has 0 amide bonds. The second-order valence-corrected chi connectivity index (χ2v) is 5.75. The number of nitrogens with zero attached hydrogens (tertiary/aromatic N) is 1. The number of hydrogen-bond donors (Lipinski definition) is 1. The van der Waals surface area contributed by atoms with E-state index >= 15 is 0 Å². The molecular formula is C12H10Br2N2O. The number of pyridine rings is 1. The van der Waals surface area contributed by atoms with E-state index < -0.39 is 0 Å². The Morgan fingerprint density at radius 3 is 3.00 bits per heavy atom. The Morgan fingerprint density at radius 1 is 1.41 bits per heavy atom. The van der Waals surface area contributed by atoms with Gasteiger partial charge in [-0.3, -0.25) is 4.98 Å². The van der Waals surface area contributed by atoms with Crippen LogP contribution in [-0.4, -0.2) is 12.1 Å². The van der Waals surface area contributed by atoms with E-state index in [1.165, 1.54) is 11.3 Å². The highest BCUT2D eigenvalue weighted by Gasteiger charge is 2.33. The van der Waals surface area contributed by atoms with Crippen molar-refractivity contribution in [3.63, 3.8) is 0 Å². The number of allylic oxidation sites excluding steroid dienone is 4. The van der Waals surface area contributed by atoms with Crippen molar-refractivity contribution in [3.05, 3.63) is 44.4 Å². The van der Waals surface area contributed by atoms with Crippen molar-refractivity contribution in [2.24, 2.45) is 0 Å². The molecule has 1 aliphatic heterocycles. The first-order valence-electron chi connectivity index (χ1n) is 5.25. The number of anilines is 1. The highest BCUT2D eigenvalue weighted by Crippen LogP contribution is 2.48. The average molecular weight is 358 g/mol. The first-order valence-corrected chi connectivity index (χ1v) is 6.84. The van der Waals surface area contributed by atoms with Crippen LogP contribution in [-0.2, 0) is 4.74 Å². The summed E-state index contributed by atoms with van der Waals surface area (Å²) in [5, 5.41) is 3.40. The molecule has 5 heteroatoms. The molecule has 3 rings (SSSR count). The van der Waals surface area contributed by atoms with Crippen molar-refractivity contribution in [2.75, 3.05) is 12.4 Å². The fourth-order valence-electron chi connectivity index (χ4n) is 2.33. The lowest BCUT2D eigenvalue weighted by molar-refractivity contribution is 0.271. The summed E-state index contributed by atoms with van der Waals surface area (Å²) in [6, 6.07) is 0. The van der Waals surface area contributed by atoms with Crippen LogP contribution in [0.2, 0.25) is 0 Å². The standard InChI is InChI=1S/C12H10Br2N2O/c1-17-11-2-6-9(3-7(11)13)16-10-5-15-4-8(14)12(6)10/h3-6,16H,2H2,1H3.